The van der Waals surface area contributed by atoms with Gasteiger partial charge in [0.2, 0.25) is 0 Å². The normalized spacial score (nSPS) is 20.3. The van der Waals surface area contributed by atoms with Gasteiger partial charge in [0, 0.05) is 12.3 Å². The van der Waals surface area contributed by atoms with Gasteiger partial charge in [0.25, 0.3) is 0 Å². The average Bonchev–Trinajstić information content (AvgIpc) is 2.91. The van der Waals surface area contributed by atoms with Crippen LogP contribution in [0.15, 0.2) is 52.9 Å². The maximum atomic E-state index is 12.2. The first-order valence-electron chi connectivity index (χ1n) is 6.80. The number of hydrogen-bond acceptors (Lipinski definition) is 5. The first-order valence-corrected chi connectivity index (χ1v) is 6.80. The topological polar surface area (TPSA) is 68.9 Å². The lowest BCUT2D eigenvalue weighted by Gasteiger charge is -2.33. The van der Waals surface area contributed by atoms with Crippen LogP contribution < -0.4 is 4.74 Å². The number of fused-ring (bicyclic) bond motifs is 2. The van der Waals surface area contributed by atoms with E-state index in [2.05, 4.69) is 0 Å². The molecular formula is C17H12O5. The summed E-state index contributed by atoms with van der Waals surface area (Å²) in [5, 5.41) is 10.7. The fourth-order valence-corrected chi connectivity index (χ4v) is 2.57. The lowest BCUT2D eigenvalue weighted by Crippen LogP contribution is -2.39. The first-order chi connectivity index (χ1) is 10.6. The number of ether oxygens (including phenoxy) is 2. The summed E-state index contributed by atoms with van der Waals surface area (Å²) in [4.78, 5) is 12.2. The molecule has 5 nitrogen and oxygen atoms in total. The number of rotatable bonds is 1. The minimum Gasteiger partial charge on any atom is -0.507 e. The smallest absolute Gasteiger partial charge is 0.349 e. The molecule has 22 heavy (non-hydrogen) atoms. The Kier molecular flexibility index (Phi) is 2.48. The fraction of sp³-hybridized carbons (Fsp3) is 0.118. The monoisotopic (exact) mass is 296 g/mol. The molecule has 1 N–H and O–H groups in total. The highest BCUT2D eigenvalue weighted by molar-refractivity contribution is 5.96. The SMILES string of the molecule is CC1(c2cc3ccccc3o2)OC(=O)c2c(O)cccc2O1. The number of cyclic esters (lactones) is 1. The van der Waals surface area contributed by atoms with Gasteiger partial charge in [-0.25, -0.2) is 4.79 Å². The van der Waals surface area contributed by atoms with Gasteiger partial charge in [-0.2, -0.15) is 0 Å². The lowest BCUT2D eigenvalue weighted by molar-refractivity contribution is -0.159. The van der Waals surface area contributed by atoms with Gasteiger partial charge < -0.3 is 19.0 Å². The Morgan fingerprint density at radius 2 is 1.86 bits per heavy atom. The predicted molar refractivity (Wildman–Crippen MR) is 77.7 cm³/mol. The van der Waals surface area contributed by atoms with Crippen LogP contribution in [0.1, 0.15) is 23.0 Å². The third-order valence-corrected chi connectivity index (χ3v) is 3.67. The molecule has 0 saturated carbocycles. The van der Waals surface area contributed by atoms with Crippen molar-refractivity contribution < 1.29 is 23.8 Å². The number of hydrogen-bond donors (Lipinski definition) is 1. The number of para-hydroxylation sites is 1. The molecule has 1 aromatic heterocycles. The van der Waals surface area contributed by atoms with Crippen molar-refractivity contribution in [2.75, 3.05) is 0 Å². The Labute approximate surface area is 125 Å². The molecule has 0 aliphatic carbocycles. The Bertz CT molecular complexity index is 862. The molecule has 0 amide bonds. The van der Waals surface area contributed by atoms with Crippen LogP contribution in [0.3, 0.4) is 0 Å². The van der Waals surface area contributed by atoms with Crippen LogP contribution in [0, 0.1) is 0 Å². The summed E-state index contributed by atoms with van der Waals surface area (Å²) in [7, 11) is 0. The third-order valence-electron chi connectivity index (χ3n) is 3.67. The molecule has 0 saturated heterocycles. The van der Waals surface area contributed by atoms with Crippen molar-refractivity contribution in [1.82, 2.24) is 0 Å². The van der Waals surface area contributed by atoms with Gasteiger partial charge in [-0.1, -0.05) is 24.3 Å². The van der Waals surface area contributed by atoms with Gasteiger partial charge in [-0.3, -0.25) is 0 Å². The maximum Gasteiger partial charge on any atom is 0.349 e. The van der Waals surface area contributed by atoms with E-state index < -0.39 is 11.8 Å². The highest BCUT2D eigenvalue weighted by Gasteiger charge is 2.43. The van der Waals surface area contributed by atoms with Crippen molar-refractivity contribution in [1.29, 1.82) is 0 Å². The zero-order valence-corrected chi connectivity index (χ0v) is 11.7. The molecule has 2 aromatic carbocycles. The molecule has 0 fully saturated rings. The Morgan fingerprint density at radius 3 is 2.68 bits per heavy atom. The van der Waals surface area contributed by atoms with E-state index in [1.54, 1.807) is 25.1 Å². The Balaban J connectivity index is 1.83. The number of phenols is 1. The quantitative estimate of drug-likeness (QED) is 0.695. The molecule has 1 aliphatic heterocycles. The third kappa shape index (κ3) is 1.75. The molecule has 1 unspecified atom stereocenters. The second kappa shape index (κ2) is 4.27. The molecule has 4 rings (SSSR count). The summed E-state index contributed by atoms with van der Waals surface area (Å²) in [5.74, 6) is -1.55. The standard InChI is InChI=1S/C17H12O5/c1-17(14-9-10-5-2-3-7-12(10)20-14)21-13-8-4-6-11(18)15(13)16(19)22-17/h2-9,18H,1H3. The number of aromatic hydroxyl groups is 1. The fourth-order valence-electron chi connectivity index (χ4n) is 2.57. The van der Waals surface area contributed by atoms with E-state index >= 15 is 0 Å². The first kappa shape index (κ1) is 12.8. The van der Waals surface area contributed by atoms with Crippen LogP contribution in [0.25, 0.3) is 11.0 Å². The highest BCUT2D eigenvalue weighted by atomic mass is 16.7. The van der Waals surface area contributed by atoms with Crippen LogP contribution in [-0.2, 0) is 10.5 Å². The van der Waals surface area contributed by atoms with Crippen molar-refractivity contribution in [2.24, 2.45) is 0 Å². The predicted octanol–water partition coefficient (Wildman–Crippen LogP) is 3.56. The van der Waals surface area contributed by atoms with E-state index in [0.717, 1.165) is 5.39 Å². The van der Waals surface area contributed by atoms with Gasteiger partial charge in [0.15, 0.2) is 5.76 Å². The number of esters is 1. The van der Waals surface area contributed by atoms with Gasteiger partial charge in [0.1, 0.15) is 22.6 Å². The van der Waals surface area contributed by atoms with Crippen molar-refractivity contribution >= 4 is 16.9 Å². The van der Waals surface area contributed by atoms with E-state index in [-0.39, 0.29) is 17.1 Å². The second-order valence-corrected chi connectivity index (χ2v) is 5.24. The van der Waals surface area contributed by atoms with Crippen molar-refractivity contribution in [2.45, 2.75) is 12.7 Å². The second-order valence-electron chi connectivity index (χ2n) is 5.24. The molecule has 3 aromatic rings. The van der Waals surface area contributed by atoms with E-state index in [4.69, 9.17) is 13.9 Å². The maximum absolute atomic E-state index is 12.2. The van der Waals surface area contributed by atoms with Crippen LogP contribution in [0.4, 0.5) is 0 Å². The summed E-state index contributed by atoms with van der Waals surface area (Å²) in [5.41, 5.74) is 0.705. The van der Waals surface area contributed by atoms with Gasteiger partial charge in [-0.05, 0) is 24.3 Å². The largest absolute Gasteiger partial charge is 0.507 e. The van der Waals surface area contributed by atoms with Gasteiger partial charge in [-0.15, -0.1) is 0 Å². The van der Waals surface area contributed by atoms with Crippen LogP contribution in [0.2, 0.25) is 0 Å². The number of phenolic OH excluding ortho intramolecular Hbond substituents is 1. The number of benzene rings is 2. The minimum atomic E-state index is -1.38. The van der Waals surface area contributed by atoms with Crippen molar-refractivity contribution in [3.05, 3.63) is 59.9 Å². The summed E-state index contributed by atoms with van der Waals surface area (Å²) < 4.78 is 16.9. The highest BCUT2D eigenvalue weighted by Crippen LogP contribution is 2.41. The summed E-state index contributed by atoms with van der Waals surface area (Å²) in [6.07, 6.45) is 0. The molecule has 0 bridgehead atoms. The average molecular weight is 296 g/mol. The number of carbonyl (C=O) groups excluding carboxylic acids is 1. The molecule has 2 heterocycles. The number of furan rings is 1. The van der Waals surface area contributed by atoms with Crippen LogP contribution in [0.5, 0.6) is 11.5 Å². The molecular weight excluding hydrogens is 284 g/mol. The van der Waals surface area contributed by atoms with Gasteiger partial charge in [0.05, 0.1) is 0 Å². The molecule has 1 atom stereocenters. The number of carbonyl (C=O) groups is 1. The summed E-state index contributed by atoms with van der Waals surface area (Å²) in [6, 6.07) is 13.9. The minimum absolute atomic E-state index is 0.0242. The lowest BCUT2D eigenvalue weighted by atomic mass is 10.1. The summed E-state index contributed by atoms with van der Waals surface area (Å²) >= 11 is 0. The summed E-state index contributed by atoms with van der Waals surface area (Å²) in [6.45, 7) is 1.61. The zero-order chi connectivity index (χ0) is 15.3. The molecule has 110 valence electrons. The van der Waals surface area contributed by atoms with Crippen LogP contribution in [-0.4, -0.2) is 11.1 Å². The molecule has 0 radical (unpaired) electrons. The van der Waals surface area contributed by atoms with E-state index in [1.165, 1.54) is 6.07 Å². The molecule has 0 spiro atoms. The Morgan fingerprint density at radius 1 is 1.05 bits per heavy atom. The van der Waals surface area contributed by atoms with Crippen LogP contribution >= 0.6 is 0 Å². The van der Waals surface area contributed by atoms with E-state index in [0.29, 0.717) is 11.3 Å². The Hall–Kier alpha value is -2.95. The van der Waals surface area contributed by atoms with Crippen molar-refractivity contribution in [3.8, 4) is 11.5 Å². The van der Waals surface area contributed by atoms with Gasteiger partial charge >= 0.3 is 11.8 Å². The van der Waals surface area contributed by atoms with E-state index in [1.807, 2.05) is 24.3 Å². The van der Waals surface area contributed by atoms with Crippen molar-refractivity contribution in [3.63, 3.8) is 0 Å². The van der Waals surface area contributed by atoms with E-state index in [9.17, 15) is 9.90 Å². The molecule has 1 aliphatic rings. The molecule has 5 heteroatoms. The zero-order valence-electron chi connectivity index (χ0n) is 11.7.